The maximum Gasteiger partial charge on any atom is 0.227 e. The highest BCUT2D eigenvalue weighted by molar-refractivity contribution is 6.35. The largest absolute Gasteiger partial charge is 0.369 e. The summed E-state index contributed by atoms with van der Waals surface area (Å²) < 4.78 is 0. The molecule has 0 saturated carbocycles. The molecule has 1 saturated heterocycles. The Hall–Kier alpha value is -2.05. The third-order valence-electron chi connectivity index (χ3n) is 5.68. The lowest BCUT2D eigenvalue weighted by Gasteiger charge is -2.34. The van der Waals surface area contributed by atoms with Gasteiger partial charge in [0.25, 0.3) is 0 Å². The van der Waals surface area contributed by atoms with E-state index in [1.54, 1.807) is 12.3 Å². The van der Waals surface area contributed by atoms with Crippen molar-refractivity contribution in [1.29, 1.82) is 0 Å². The van der Waals surface area contributed by atoms with Crippen LogP contribution in [-0.2, 0) is 12.8 Å². The van der Waals surface area contributed by atoms with E-state index in [0.29, 0.717) is 21.0 Å². The molecule has 1 fully saturated rings. The average molecular weight is 491 g/mol. The van der Waals surface area contributed by atoms with Gasteiger partial charge in [-0.2, -0.15) is 0 Å². The molecular formula is C24H26Cl3N5. The molecule has 1 aromatic heterocycles. The zero-order valence-electron chi connectivity index (χ0n) is 18.0. The molecule has 3 aromatic rings. The predicted molar refractivity (Wildman–Crippen MR) is 135 cm³/mol. The SMILES string of the molecule is CN1CCN(c2ccc(Nc3ncc(Cl)c(CCCc4ccc(Cl)cc4Cl)n3)cc2)CC1. The Morgan fingerprint density at radius 2 is 1.66 bits per heavy atom. The maximum absolute atomic E-state index is 6.34. The van der Waals surface area contributed by atoms with Crippen molar-refractivity contribution in [3.63, 3.8) is 0 Å². The van der Waals surface area contributed by atoms with E-state index < -0.39 is 0 Å². The second kappa shape index (κ2) is 10.7. The minimum absolute atomic E-state index is 0.543. The summed E-state index contributed by atoms with van der Waals surface area (Å²) in [5, 5.41) is 5.19. The lowest BCUT2D eigenvalue weighted by Crippen LogP contribution is -2.44. The predicted octanol–water partition coefficient (Wildman–Crippen LogP) is 6.11. The van der Waals surface area contributed by atoms with Crippen molar-refractivity contribution in [2.75, 3.05) is 43.4 Å². The molecular weight excluding hydrogens is 465 g/mol. The van der Waals surface area contributed by atoms with Gasteiger partial charge in [0.15, 0.2) is 0 Å². The van der Waals surface area contributed by atoms with Crippen LogP contribution in [-0.4, -0.2) is 48.1 Å². The van der Waals surface area contributed by atoms with Crippen LogP contribution in [0, 0.1) is 0 Å². The number of piperazine rings is 1. The van der Waals surface area contributed by atoms with E-state index in [1.165, 1.54) is 5.69 Å². The number of nitrogens with zero attached hydrogens (tertiary/aromatic N) is 4. The number of hydrogen-bond donors (Lipinski definition) is 1. The Balaban J connectivity index is 1.36. The first-order valence-electron chi connectivity index (χ1n) is 10.7. The van der Waals surface area contributed by atoms with E-state index in [4.69, 9.17) is 34.8 Å². The van der Waals surface area contributed by atoms with E-state index in [1.807, 2.05) is 12.1 Å². The fourth-order valence-electron chi connectivity index (χ4n) is 3.76. The monoisotopic (exact) mass is 489 g/mol. The normalized spacial score (nSPS) is 14.6. The number of aryl methyl sites for hydroxylation is 2. The molecule has 0 unspecified atom stereocenters. The average Bonchev–Trinajstić information content (AvgIpc) is 2.78. The molecule has 1 N–H and O–H groups in total. The number of nitrogens with one attached hydrogen (secondary N) is 1. The van der Waals surface area contributed by atoms with Gasteiger partial charge in [-0.3, -0.25) is 0 Å². The Labute approximate surface area is 204 Å². The quantitative estimate of drug-likeness (QED) is 0.433. The Morgan fingerprint density at radius 3 is 2.38 bits per heavy atom. The molecule has 0 atom stereocenters. The summed E-state index contributed by atoms with van der Waals surface area (Å²) >= 11 is 18.6. The van der Waals surface area contributed by atoms with E-state index >= 15 is 0 Å². The number of benzene rings is 2. The van der Waals surface area contributed by atoms with Crippen molar-refractivity contribution in [3.05, 3.63) is 75.0 Å². The molecule has 0 bridgehead atoms. The van der Waals surface area contributed by atoms with E-state index in [-0.39, 0.29) is 0 Å². The van der Waals surface area contributed by atoms with Gasteiger partial charge in [-0.1, -0.05) is 40.9 Å². The first-order chi connectivity index (χ1) is 15.5. The van der Waals surface area contributed by atoms with Gasteiger partial charge >= 0.3 is 0 Å². The molecule has 32 heavy (non-hydrogen) atoms. The van der Waals surface area contributed by atoms with Crippen LogP contribution >= 0.6 is 34.8 Å². The second-order valence-corrected chi connectivity index (χ2v) is 9.29. The van der Waals surface area contributed by atoms with Crippen LogP contribution in [0.3, 0.4) is 0 Å². The van der Waals surface area contributed by atoms with Gasteiger partial charge in [-0.25, -0.2) is 9.97 Å². The van der Waals surface area contributed by atoms with Crippen LogP contribution < -0.4 is 10.2 Å². The van der Waals surface area contributed by atoms with Crippen LogP contribution in [0.5, 0.6) is 0 Å². The van der Waals surface area contributed by atoms with Crippen molar-refractivity contribution in [3.8, 4) is 0 Å². The lowest BCUT2D eigenvalue weighted by molar-refractivity contribution is 0.313. The fraction of sp³-hybridized carbons (Fsp3) is 0.333. The molecule has 1 aliphatic heterocycles. The van der Waals surface area contributed by atoms with Gasteiger partial charge in [0.2, 0.25) is 5.95 Å². The number of aromatic nitrogens is 2. The Kier molecular flexibility index (Phi) is 7.74. The fourth-order valence-corrected chi connectivity index (χ4v) is 4.45. The summed E-state index contributed by atoms with van der Waals surface area (Å²) in [6.45, 7) is 4.28. The smallest absolute Gasteiger partial charge is 0.227 e. The van der Waals surface area contributed by atoms with Crippen molar-refractivity contribution in [2.45, 2.75) is 19.3 Å². The second-order valence-electron chi connectivity index (χ2n) is 8.04. The van der Waals surface area contributed by atoms with E-state index in [2.05, 4.69) is 56.4 Å². The van der Waals surface area contributed by atoms with Gasteiger partial charge in [0.05, 0.1) is 16.9 Å². The topological polar surface area (TPSA) is 44.3 Å². The summed E-state index contributed by atoms with van der Waals surface area (Å²) in [5.41, 5.74) is 4.08. The molecule has 0 aliphatic carbocycles. The highest BCUT2D eigenvalue weighted by Crippen LogP contribution is 2.25. The number of likely N-dealkylation sites (N-methyl/N-ethyl adjacent to an activating group) is 1. The highest BCUT2D eigenvalue weighted by Gasteiger charge is 2.14. The van der Waals surface area contributed by atoms with Crippen LogP contribution in [0.25, 0.3) is 0 Å². The zero-order valence-corrected chi connectivity index (χ0v) is 20.3. The van der Waals surface area contributed by atoms with E-state index in [9.17, 15) is 0 Å². The van der Waals surface area contributed by atoms with Crippen LogP contribution in [0.2, 0.25) is 15.1 Å². The van der Waals surface area contributed by atoms with Gasteiger partial charge in [-0.05, 0) is 68.3 Å². The summed E-state index contributed by atoms with van der Waals surface area (Å²) in [6, 6.07) is 14.0. The van der Waals surface area contributed by atoms with Gasteiger partial charge in [0, 0.05) is 47.6 Å². The molecule has 168 valence electrons. The minimum atomic E-state index is 0.543. The van der Waals surface area contributed by atoms with Crippen LogP contribution in [0.4, 0.5) is 17.3 Å². The molecule has 8 heteroatoms. The van der Waals surface area contributed by atoms with Crippen molar-refractivity contribution >= 4 is 52.1 Å². The van der Waals surface area contributed by atoms with Crippen molar-refractivity contribution < 1.29 is 0 Å². The Morgan fingerprint density at radius 1 is 0.906 bits per heavy atom. The molecule has 0 spiro atoms. The number of anilines is 3. The third-order valence-corrected chi connectivity index (χ3v) is 6.59. The molecule has 0 amide bonds. The lowest BCUT2D eigenvalue weighted by atomic mass is 10.1. The number of hydrogen-bond acceptors (Lipinski definition) is 5. The maximum atomic E-state index is 6.34. The molecule has 5 nitrogen and oxygen atoms in total. The van der Waals surface area contributed by atoms with Crippen molar-refractivity contribution in [2.24, 2.45) is 0 Å². The third kappa shape index (κ3) is 6.04. The van der Waals surface area contributed by atoms with Crippen LogP contribution in [0.15, 0.2) is 48.7 Å². The summed E-state index contributed by atoms with van der Waals surface area (Å²) in [7, 11) is 2.16. The highest BCUT2D eigenvalue weighted by atomic mass is 35.5. The zero-order chi connectivity index (χ0) is 22.5. The standard InChI is InChI=1S/C24H26Cl3N5/c1-31-11-13-32(14-12-31)20-9-7-19(8-10-20)29-24-28-16-22(27)23(30-24)4-2-3-17-5-6-18(25)15-21(17)26/h5-10,15-16H,2-4,11-14H2,1H3,(H,28,29,30). The van der Waals surface area contributed by atoms with Gasteiger partial charge in [0.1, 0.15) is 0 Å². The minimum Gasteiger partial charge on any atom is -0.369 e. The molecule has 0 radical (unpaired) electrons. The molecule has 1 aliphatic rings. The van der Waals surface area contributed by atoms with Crippen molar-refractivity contribution in [1.82, 2.24) is 14.9 Å². The van der Waals surface area contributed by atoms with Gasteiger partial charge < -0.3 is 15.1 Å². The first kappa shape index (κ1) is 23.1. The molecule has 2 heterocycles. The summed E-state index contributed by atoms with van der Waals surface area (Å²) in [4.78, 5) is 13.7. The number of halogens is 3. The Bertz CT molecular complexity index is 1050. The van der Waals surface area contributed by atoms with Crippen LogP contribution in [0.1, 0.15) is 17.7 Å². The molecule has 2 aromatic carbocycles. The summed E-state index contributed by atoms with van der Waals surface area (Å²) in [5.74, 6) is 0.543. The molecule has 4 rings (SSSR count). The first-order valence-corrected chi connectivity index (χ1v) is 11.9. The van der Waals surface area contributed by atoms with E-state index in [0.717, 1.165) is 62.4 Å². The number of rotatable bonds is 7. The van der Waals surface area contributed by atoms with Gasteiger partial charge in [-0.15, -0.1) is 0 Å². The summed E-state index contributed by atoms with van der Waals surface area (Å²) in [6.07, 6.45) is 4.08.